The monoisotopic (exact) mass is 705 g/mol. The molecule has 0 radical (unpaired) electrons. The van der Waals surface area contributed by atoms with Crippen LogP contribution in [-0.2, 0) is 38.8 Å². The Kier molecular flexibility index (Phi) is 11.9. The van der Waals surface area contributed by atoms with Gasteiger partial charge in [-0.2, -0.15) is 13.2 Å². The van der Waals surface area contributed by atoms with E-state index in [1.807, 2.05) is 6.92 Å². The van der Waals surface area contributed by atoms with Crippen LogP contribution in [0.2, 0.25) is 10.0 Å². The molecule has 0 saturated heterocycles. The van der Waals surface area contributed by atoms with Gasteiger partial charge in [-0.15, -0.1) is 0 Å². The maximum absolute atomic E-state index is 14.4. The number of carbonyl (C=O) groups is 2. The van der Waals surface area contributed by atoms with E-state index in [1.54, 1.807) is 48.5 Å². The van der Waals surface area contributed by atoms with Gasteiger partial charge in [0.25, 0.3) is 10.0 Å². The quantitative estimate of drug-likeness (QED) is 0.157. The molecule has 0 aliphatic rings. The normalized spacial score (nSPS) is 12.3. The van der Waals surface area contributed by atoms with Crippen molar-refractivity contribution in [3.05, 3.63) is 130 Å². The number of hydrogen-bond donors (Lipinski definition) is 1. The first kappa shape index (κ1) is 35.8. The third kappa shape index (κ3) is 9.27. The number of nitrogens with one attached hydrogen (secondary N) is 1. The predicted molar refractivity (Wildman–Crippen MR) is 177 cm³/mol. The highest BCUT2D eigenvalue weighted by molar-refractivity contribution is 7.92. The fraction of sp³-hybridized carbons (Fsp3) is 0.235. The lowest BCUT2D eigenvalue weighted by Gasteiger charge is -2.34. The molecule has 0 aromatic heterocycles. The van der Waals surface area contributed by atoms with Gasteiger partial charge in [-0.25, -0.2) is 8.42 Å². The third-order valence-electron chi connectivity index (χ3n) is 7.25. The summed E-state index contributed by atoms with van der Waals surface area (Å²) >= 11 is 12.6. The first-order chi connectivity index (χ1) is 22.3. The zero-order valence-electron chi connectivity index (χ0n) is 25.3. The molecule has 0 aliphatic carbocycles. The van der Waals surface area contributed by atoms with Crippen molar-refractivity contribution in [2.45, 2.75) is 43.4 Å². The lowest BCUT2D eigenvalue weighted by Crippen LogP contribution is -2.53. The van der Waals surface area contributed by atoms with E-state index in [9.17, 15) is 31.2 Å². The summed E-state index contributed by atoms with van der Waals surface area (Å²) in [7, 11) is -4.58. The van der Waals surface area contributed by atoms with Crippen LogP contribution in [-0.4, -0.2) is 44.3 Å². The number of nitrogens with zero attached hydrogens (tertiary/aromatic N) is 2. The molecule has 248 valence electrons. The first-order valence-electron chi connectivity index (χ1n) is 14.6. The zero-order valence-corrected chi connectivity index (χ0v) is 27.6. The van der Waals surface area contributed by atoms with Crippen LogP contribution in [0.15, 0.2) is 108 Å². The van der Waals surface area contributed by atoms with E-state index in [0.717, 1.165) is 17.7 Å². The highest BCUT2D eigenvalue weighted by atomic mass is 35.5. The number of alkyl halides is 3. The first-order valence-corrected chi connectivity index (χ1v) is 16.8. The molecule has 1 atom stereocenters. The minimum absolute atomic E-state index is 0.0579. The van der Waals surface area contributed by atoms with E-state index >= 15 is 0 Å². The van der Waals surface area contributed by atoms with Crippen molar-refractivity contribution in [2.24, 2.45) is 0 Å². The Morgan fingerprint density at radius 3 is 2.15 bits per heavy atom. The number of carbonyl (C=O) groups excluding carboxylic acids is 2. The van der Waals surface area contributed by atoms with Gasteiger partial charge in [-0.05, 0) is 60.0 Å². The van der Waals surface area contributed by atoms with Crippen molar-refractivity contribution in [2.75, 3.05) is 17.4 Å². The Morgan fingerprint density at radius 2 is 1.53 bits per heavy atom. The highest BCUT2D eigenvalue weighted by Crippen LogP contribution is 2.33. The van der Waals surface area contributed by atoms with Gasteiger partial charge in [0.1, 0.15) is 12.6 Å². The molecule has 0 heterocycles. The summed E-state index contributed by atoms with van der Waals surface area (Å²) in [6, 6.07) is 23.2. The molecule has 0 bridgehead atoms. The van der Waals surface area contributed by atoms with Gasteiger partial charge in [0, 0.05) is 29.6 Å². The number of anilines is 1. The maximum atomic E-state index is 14.4. The van der Waals surface area contributed by atoms with E-state index < -0.39 is 46.2 Å². The molecular weight excluding hydrogens is 674 g/mol. The van der Waals surface area contributed by atoms with Crippen molar-refractivity contribution in [3.63, 3.8) is 0 Å². The summed E-state index contributed by atoms with van der Waals surface area (Å²) in [4.78, 5) is 29.1. The summed E-state index contributed by atoms with van der Waals surface area (Å²) in [6.45, 7) is 1.03. The van der Waals surface area contributed by atoms with Gasteiger partial charge >= 0.3 is 6.18 Å². The molecule has 4 aromatic carbocycles. The Bertz CT molecular complexity index is 1790. The maximum Gasteiger partial charge on any atom is 0.416 e. The van der Waals surface area contributed by atoms with Gasteiger partial charge in [0.2, 0.25) is 11.8 Å². The SMILES string of the molecule is CCCNC(=O)[C@@H](Cc1ccccc1)N(Cc1ccc(Cl)cc1Cl)C(=O)CN(c1cccc(C(F)(F)F)c1)S(=O)(=O)c1ccccc1. The van der Waals surface area contributed by atoms with Crippen molar-refractivity contribution in [1.82, 2.24) is 10.2 Å². The summed E-state index contributed by atoms with van der Waals surface area (Å²) in [5.41, 5.74) is -0.337. The summed E-state index contributed by atoms with van der Waals surface area (Å²) in [6.07, 6.45) is -4.11. The molecule has 1 N–H and O–H groups in total. The average Bonchev–Trinajstić information content (AvgIpc) is 3.05. The molecule has 4 rings (SSSR count). The number of halogens is 5. The van der Waals surface area contributed by atoms with Gasteiger partial charge in [-0.1, -0.05) is 90.8 Å². The zero-order chi connectivity index (χ0) is 34.2. The van der Waals surface area contributed by atoms with Crippen LogP contribution >= 0.6 is 23.2 Å². The fourth-order valence-electron chi connectivity index (χ4n) is 4.84. The van der Waals surface area contributed by atoms with Crippen molar-refractivity contribution in [3.8, 4) is 0 Å². The third-order valence-corrected chi connectivity index (χ3v) is 9.62. The molecule has 2 amide bonds. The van der Waals surface area contributed by atoms with Gasteiger partial charge < -0.3 is 10.2 Å². The number of rotatable bonds is 13. The minimum Gasteiger partial charge on any atom is -0.354 e. The predicted octanol–water partition coefficient (Wildman–Crippen LogP) is 7.37. The minimum atomic E-state index is -4.78. The number of benzene rings is 4. The molecule has 0 spiro atoms. The van der Waals surface area contributed by atoms with Crippen molar-refractivity contribution < 1.29 is 31.2 Å². The van der Waals surface area contributed by atoms with Crippen LogP contribution in [0.1, 0.15) is 30.0 Å². The molecule has 0 saturated carbocycles. The molecule has 0 unspecified atom stereocenters. The summed E-state index contributed by atoms with van der Waals surface area (Å²) in [5, 5.41) is 3.36. The number of hydrogen-bond acceptors (Lipinski definition) is 4. The molecule has 47 heavy (non-hydrogen) atoms. The van der Waals surface area contributed by atoms with Crippen LogP contribution in [0, 0.1) is 0 Å². The Balaban J connectivity index is 1.85. The fourth-order valence-corrected chi connectivity index (χ4v) is 6.73. The van der Waals surface area contributed by atoms with Crippen LogP contribution in [0.4, 0.5) is 18.9 Å². The number of sulfonamides is 1. The van der Waals surface area contributed by atoms with E-state index in [-0.39, 0.29) is 28.6 Å². The number of amides is 2. The highest BCUT2D eigenvalue weighted by Gasteiger charge is 2.36. The van der Waals surface area contributed by atoms with Crippen LogP contribution < -0.4 is 9.62 Å². The van der Waals surface area contributed by atoms with Crippen LogP contribution in [0.25, 0.3) is 0 Å². The van der Waals surface area contributed by atoms with Gasteiger partial charge in [0.05, 0.1) is 16.1 Å². The molecular formula is C34H32Cl2F3N3O4S. The molecule has 0 aliphatic heterocycles. The average molecular weight is 707 g/mol. The van der Waals surface area contributed by atoms with E-state index in [2.05, 4.69) is 5.32 Å². The molecule has 4 aromatic rings. The van der Waals surface area contributed by atoms with Gasteiger partial charge in [0.15, 0.2) is 0 Å². The molecule has 13 heteroatoms. The lowest BCUT2D eigenvalue weighted by atomic mass is 10.0. The van der Waals surface area contributed by atoms with E-state index in [1.165, 1.54) is 41.3 Å². The van der Waals surface area contributed by atoms with Crippen molar-refractivity contribution in [1.29, 1.82) is 0 Å². The van der Waals surface area contributed by atoms with Crippen LogP contribution in [0.3, 0.4) is 0 Å². The second-order valence-corrected chi connectivity index (χ2v) is 13.3. The smallest absolute Gasteiger partial charge is 0.354 e. The largest absolute Gasteiger partial charge is 0.416 e. The van der Waals surface area contributed by atoms with Crippen molar-refractivity contribution >= 4 is 50.7 Å². The Morgan fingerprint density at radius 1 is 0.872 bits per heavy atom. The summed E-state index contributed by atoms with van der Waals surface area (Å²) < 4.78 is 69.9. The van der Waals surface area contributed by atoms with E-state index in [0.29, 0.717) is 33.9 Å². The van der Waals surface area contributed by atoms with Crippen LogP contribution in [0.5, 0.6) is 0 Å². The Labute approximate surface area is 282 Å². The topological polar surface area (TPSA) is 86.8 Å². The second kappa shape index (κ2) is 15.7. The van der Waals surface area contributed by atoms with E-state index in [4.69, 9.17) is 23.2 Å². The summed E-state index contributed by atoms with van der Waals surface area (Å²) in [5.74, 6) is -1.34. The standard InChI is InChI=1S/C34H32Cl2F3N3O4S/c1-2-18-40-33(44)31(19-24-10-5-3-6-11-24)41(22-25-16-17-27(35)21-30(25)36)32(43)23-42(47(45,46)29-14-7-4-8-15-29)28-13-9-12-26(20-28)34(37,38)39/h3-17,20-21,31H,2,18-19,22-23H2,1H3,(H,40,44)/t31-/m1/s1. The molecule has 0 fully saturated rings. The Hall–Kier alpha value is -4.06. The second-order valence-electron chi connectivity index (χ2n) is 10.6. The molecule has 7 nitrogen and oxygen atoms in total. The lowest BCUT2D eigenvalue weighted by molar-refractivity contribution is -0.140. The van der Waals surface area contributed by atoms with Gasteiger partial charge in [-0.3, -0.25) is 13.9 Å².